The van der Waals surface area contributed by atoms with E-state index in [9.17, 15) is 14.7 Å². The van der Waals surface area contributed by atoms with Crippen molar-refractivity contribution in [3.05, 3.63) is 12.2 Å². The maximum atomic E-state index is 12.5. The number of nitrogens with zero attached hydrogens (tertiary/aromatic N) is 1. The Morgan fingerprint density at radius 2 is 2.00 bits per heavy atom. The Labute approximate surface area is 119 Å². The first kappa shape index (κ1) is 15.0. The molecule has 1 aliphatic carbocycles. The summed E-state index contributed by atoms with van der Waals surface area (Å²) in [6, 6.07) is 0. The van der Waals surface area contributed by atoms with Crippen LogP contribution in [0, 0.1) is 17.8 Å². The second-order valence-electron chi connectivity index (χ2n) is 5.80. The smallest absolute Gasteiger partial charge is 0.307 e. The van der Waals surface area contributed by atoms with Crippen LogP contribution in [0.2, 0.25) is 0 Å². The molecule has 1 saturated heterocycles. The predicted octanol–water partition coefficient (Wildman–Crippen LogP) is 1.54. The highest BCUT2D eigenvalue weighted by molar-refractivity contribution is 5.85. The average Bonchev–Trinajstić information content (AvgIpc) is 2.47. The quantitative estimate of drug-likeness (QED) is 0.794. The monoisotopic (exact) mass is 281 g/mol. The largest absolute Gasteiger partial charge is 0.481 e. The second-order valence-corrected chi connectivity index (χ2v) is 5.80. The van der Waals surface area contributed by atoms with E-state index in [1.54, 1.807) is 11.9 Å². The van der Waals surface area contributed by atoms with E-state index in [2.05, 4.69) is 0 Å². The highest BCUT2D eigenvalue weighted by Crippen LogP contribution is 2.28. The van der Waals surface area contributed by atoms with E-state index in [1.807, 2.05) is 12.2 Å². The van der Waals surface area contributed by atoms with Crippen molar-refractivity contribution in [2.75, 3.05) is 26.8 Å². The van der Waals surface area contributed by atoms with E-state index in [4.69, 9.17) is 4.74 Å². The van der Waals surface area contributed by atoms with Gasteiger partial charge < -0.3 is 14.7 Å². The lowest BCUT2D eigenvalue weighted by molar-refractivity contribution is -0.150. The molecule has 0 aromatic rings. The first-order valence-corrected chi connectivity index (χ1v) is 7.30. The summed E-state index contributed by atoms with van der Waals surface area (Å²) >= 11 is 0. The van der Waals surface area contributed by atoms with Gasteiger partial charge in [-0.05, 0) is 31.6 Å². The van der Waals surface area contributed by atoms with Crippen molar-refractivity contribution in [1.29, 1.82) is 0 Å². The van der Waals surface area contributed by atoms with Gasteiger partial charge in [-0.3, -0.25) is 9.59 Å². The van der Waals surface area contributed by atoms with Crippen molar-refractivity contribution in [3.63, 3.8) is 0 Å². The molecule has 0 aromatic heterocycles. The molecule has 20 heavy (non-hydrogen) atoms. The lowest BCUT2D eigenvalue weighted by Crippen LogP contribution is -2.42. The molecule has 2 aliphatic rings. The fourth-order valence-corrected chi connectivity index (χ4v) is 3.07. The molecule has 1 heterocycles. The van der Waals surface area contributed by atoms with Crippen LogP contribution in [0.5, 0.6) is 0 Å². The van der Waals surface area contributed by atoms with E-state index in [0.717, 1.165) is 19.4 Å². The highest BCUT2D eigenvalue weighted by Gasteiger charge is 2.35. The Hall–Kier alpha value is -1.36. The number of carbonyl (C=O) groups excluding carboxylic acids is 1. The van der Waals surface area contributed by atoms with Crippen molar-refractivity contribution in [3.8, 4) is 0 Å². The van der Waals surface area contributed by atoms with Crippen LogP contribution in [0.1, 0.15) is 25.7 Å². The fraction of sp³-hybridized carbons (Fsp3) is 0.733. The predicted molar refractivity (Wildman–Crippen MR) is 74.2 cm³/mol. The number of hydrogen-bond acceptors (Lipinski definition) is 3. The van der Waals surface area contributed by atoms with E-state index >= 15 is 0 Å². The SMILES string of the molecule is CN(CC1CCCOC1)C(=O)[C@@H]1CC=CC[C@@H]1C(=O)O. The van der Waals surface area contributed by atoms with Gasteiger partial charge >= 0.3 is 5.97 Å². The van der Waals surface area contributed by atoms with Gasteiger partial charge in [-0.15, -0.1) is 0 Å². The summed E-state index contributed by atoms with van der Waals surface area (Å²) in [5.41, 5.74) is 0. The lowest BCUT2D eigenvalue weighted by Gasteiger charge is -2.32. The normalized spacial score (nSPS) is 29.9. The van der Waals surface area contributed by atoms with Gasteiger partial charge in [0.2, 0.25) is 5.91 Å². The first-order valence-electron chi connectivity index (χ1n) is 7.30. The summed E-state index contributed by atoms with van der Waals surface area (Å²) in [5.74, 6) is -1.56. The van der Waals surface area contributed by atoms with Crippen LogP contribution < -0.4 is 0 Å². The molecule has 0 radical (unpaired) electrons. The second kappa shape index (κ2) is 6.88. The molecule has 5 heteroatoms. The van der Waals surface area contributed by atoms with Gasteiger partial charge in [-0.2, -0.15) is 0 Å². The topological polar surface area (TPSA) is 66.8 Å². The Bertz CT molecular complexity index is 387. The zero-order valence-electron chi connectivity index (χ0n) is 12.0. The Morgan fingerprint density at radius 1 is 1.30 bits per heavy atom. The summed E-state index contributed by atoms with van der Waals surface area (Å²) in [6.45, 7) is 2.17. The Balaban J connectivity index is 1.94. The molecule has 0 aromatic carbocycles. The third-order valence-electron chi connectivity index (χ3n) is 4.23. The van der Waals surface area contributed by atoms with Gasteiger partial charge in [0.05, 0.1) is 18.4 Å². The van der Waals surface area contributed by atoms with E-state index in [-0.39, 0.29) is 5.91 Å². The van der Waals surface area contributed by atoms with Crippen molar-refractivity contribution >= 4 is 11.9 Å². The van der Waals surface area contributed by atoms with Crippen molar-refractivity contribution in [1.82, 2.24) is 4.90 Å². The molecular weight excluding hydrogens is 258 g/mol. The molecule has 1 aliphatic heterocycles. The standard InChI is InChI=1S/C15H23NO4/c1-16(9-11-5-4-8-20-10-11)14(17)12-6-2-3-7-13(12)15(18)19/h2-3,11-13H,4-10H2,1H3,(H,18,19)/t11?,12-,13+/m1/s1. The molecular formula is C15H23NO4. The molecule has 1 fully saturated rings. The zero-order valence-corrected chi connectivity index (χ0v) is 12.0. The molecule has 0 bridgehead atoms. The molecule has 112 valence electrons. The fourth-order valence-electron chi connectivity index (χ4n) is 3.07. The molecule has 3 atom stereocenters. The number of amides is 1. The number of carboxylic acid groups (broad SMARTS) is 1. The molecule has 1 N–H and O–H groups in total. The van der Waals surface area contributed by atoms with Crippen molar-refractivity contribution in [2.24, 2.45) is 17.8 Å². The molecule has 5 nitrogen and oxygen atoms in total. The maximum absolute atomic E-state index is 12.5. The minimum absolute atomic E-state index is 0.0488. The van der Waals surface area contributed by atoms with Crippen molar-refractivity contribution in [2.45, 2.75) is 25.7 Å². The van der Waals surface area contributed by atoms with Crippen LogP contribution in [0.15, 0.2) is 12.2 Å². The summed E-state index contributed by atoms with van der Waals surface area (Å²) < 4.78 is 5.42. The van der Waals surface area contributed by atoms with E-state index < -0.39 is 17.8 Å². The highest BCUT2D eigenvalue weighted by atomic mass is 16.5. The minimum atomic E-state index is -0.873. The molecule has 2 rings (SSSR count). The lowest BCUT2D eigenvalue weighted by atomic mass is 9.82. The van der Waals surface area contributed by atoms with Gasteiger partial charge in [0, 0.05) is 20.2 Å². The van der Waals surface area contributed by atoms with Crippen LogP contribution in [-0.4, -0.2) is 48.7 Å². The van der Waals surface area contributed by atoms with Gasteiger partial charge in [-0.1, -0.05) is 12.2 Å². The molecule has 0 spiro atoms. The number of rotatable bonds is 4. The summed E-state index contributed by atoms with van der Waals surface area (Å²) in [7, 11) is 1.77. The van der Waals surface area contributed by atoms with Gasteiger partial charge in [0.15, 0.2) is 0 Å². The number of ether oxygens (including phenoxy) is 1. The summed E-state index contributed by atoms with van der Waals surface area (Å²) in [4.78, 5) is 25.4. The van der Waals surface area contributed by atoms with E-state index in [0.29, 0.717) is 31.9 Å². The van der Waals surface area contributed by atoms with Crippen molar-refractivity contribution < 1.29 is 19.4 Å². The van der Waals surface area contributed by atoms with E-state index in [1.165, 1.54) is 0 Å². The van der Waals surface area contributed by atoms with Crippen LogP contribution >= 0.6 is 0 Å². The van der Waals surface area contributed by atoms with Crippen LogP contribution in [-0.2, 0) is 14.3 Å². The van der Waals surface area contributed by atoms with Crippen LogP contribution in [0.25, 0.3) is 0 Å². The Kier molecular flexibility index (Phi) is 5.17. The van der Waals surface area contributed by atoms with Gasteiger partial charge in [-0.25, -0.2) is 0 Å². The number of allylic oxidation sites excluding steroid dienone is 2. The molecule has 0 saturated carbocycles. The number of aliphatic carboxylic acids is 1. The zero-order chi connectivity index (χ0) is 14.5. The summed E-state index contributed by atoms with van der Waals surface area (Å²) in [6.07, 6.45) is 6.87. The van der Waals surface area contributed by atoms with Crippen LogP contribution in [0.3, 0.4) is 0 Å². The third kappa shape index (κ3) is 3.60. The summed E-state index contributed by atoms with van der Waals surface area (Å²) in [5, 5.41) is 9.24. The van der Waals surface area contributed by atoms with Crippen LogP contribution in [0.4, 0.5) is 0 Å². The minimum Gasteiger partial charge on any atom is -0.481 e. The average molecular weight is 281 g/mol. The Morgan fingerprint density at radius 3 is 2.60 bits per heavy atom. The first-order chi connectivity index (χ1) is 9.59. The van der Waals surface area contributed by atoms with Gasteiger partial charge in [0.1, 0.15) is 0 Å². The number of carbonyl (C=O) groups is 2. The third-order valence-corrected chi connectivity index (χ3v) is 4.23. The number of carboxylic acids is 1. The maximum Gasteiger partial charge on any atom is 0.307 e. The molecule has 1 amide bonds. The molecule has 1 unspecified atom stereocenters. The van der Waals surface area contributed by atoms with Gasteiger partial charge in [0.25, 0.3) is 0 Å². The number of hydrogen-bond donors (Lipinski definition) is 1.